The van der Waals surface area contributed by atoms with Gasteiger partial charge in [-0.2, -0.15) is 0 Å². The van der Waals surface area contributed by atoms with Gasteiger partial charge < -0.3 is 0 Å². The first-order chi connectivity index (χ1) is 15.2. The Bertz CT molecular complexity index is 1290. The zero-order valence-corrected chi connectivity index (χ0v) is 17.9. The molecule has 1 aliphatic heterocycles. The van der Waals surface area contributed by atoms with Crippen molar-refractivity contribution >= 4 is 22.6 Å². The van der Waals surface area contributed by atoms with Crippen molar-refractivity contribution in [2.45, 2.75) is 32.5 Å². The highest BCUT2D eigenvalue weighted by Gasteiger charge is 2.24. The summed E-state index contributed by atoms with van der Waals surface area (Å²) >= 11 is 6.13. The van der Waals surface area contributed by atoms with E-state index < -0.39 is 0 Å². The van der Waals surface area contributed by atoms with Gasteiger partial charge in [-0.1, -0.05) is 42.0 Å². The Balaban J connectivity index is 1.53. The van der Waals surface area contributed by atoms with Crippen LogP contribution in [0.2, 0.25) is 5.02 Å². The van der Waals surface area contributed by atoms with Gasteiger partial charge in [-0.3, -0.25) is 19.2 Å². The molecule has 0 saturated heterocycles. The van der Waals surface area contributed by atoms with Crippen molar-refractivity contribution in [2.24, 2.45) is 0 Å². The second-order valence-corrected chi connectivity index (χ2v) is 8.39. The molecule has 0 saturated carbocycles. The second-order valence-electron chi connectivity index (χ2n) is 7.95. The standard InChI is InChI=1S/C25H23ClN4O/c26-19-9-12-27-20(14-19)16-29-13-10-21-22-8-5-11-28-24(22)30(25(31)23(21)17-29)15-18-6-3-1-2-4-7-18/h1-3,5-9,11-12,14H,4,10,13,15-17H2. The van der Waals surface area contributed by atoms with Gasteiger partial charge in [-0.25, -0.2) is 4.98 Å². The van der Waals surface area contributed by atoms with Gasteiger partial charge in [-0.05, 0) is 48.2 Å². The van der Waals surface area contributed by atoms with E-state index in [0.717, 1.165) is 52.8 Å². The molecule has 0 N–H and O–H groups in total. The van der Waals surface area contributed by atoms with Gasteiger partial charge in [0.05, 0.1) is 12.2 Å². The van der Waals surface area contributed by atoms with E-state index in [4.69, 9.17) is 11.6 Å². The second kappa shape index (κ2) is 8.61. The Morgan fingerprint density at radius 1 is 1.06 bits per heavy atom. The largest absolute Gasteiger partial charge is 0.293 e. The van der Waals surface area contributed by atoms with Crippen molar-refractivity contribution in [3.05, 3.63) is 105 Å². The zero-order chi connectivity index (χ0) is 21.2. The molecule has 6 heteroatoms. The van der Waals surface area contributed by atoms with Crippen molar-refractivity contribution in [1.82, 2.24) is 19.4 Å². The van der Waals surface area contributed by atoms with Crippen LogP contribution in [0.15, 0.2) is 77.4 Å². The summed E-state index contributed by atoms with van der Waals surface area (Å²) < 4.78 is 1.83. The topological polar surface area (TPSA) is 51.0 Å². The van der Waals surface area contributed by atoms with Crippen molar-refractivity contribution in [3.8, 4) is 0 Å². The van der Waals surface area contributed by atoms with Gasteiger partial charge in [0, 0.05) is 48.0 Å². The molecule has 0 aromatic carbocycles. The van der Waals surface area contributed by atoms with Gasteiger partial charge in [0.25, 0.3) is 5.56 Å². The molecule has 3 aromatic rings. The van der Waals surface area contributed by atoms with Crippen LogP contribution in [0.5, 0.6) is 0 Å². The highest BCUT2D eigenvalue weighted by Crippen LogP contribution is 2.26. The van der Waals surface area contributed by atoms with Gasteiger partial charge in [0.1, 0.15) is 5.65 Å². The minimum absolute atomic E-state index is 0.0523. The molecular weight excluding hydrogens is 408 g/mol. The molecule has 5 rings (SSSR count). The summed E-state index contributed by atoms with van der Waals surface area (Å²) in [4.78, 5) is 24.9. The number of hydrogen-bond acceptors (Lipinski definition) is 4. The average Bonchev–Trinajstić information content (AvgIpc) is 3.05. The Hall–Kier alpha value is -3.02. The summed E-state index contributed by atoms with van der Waals surface area (Å²) in [6, 6.07) is 7.71. The van der Waals surface area contributed by atoms with Gasteiger partial charge in [0.2, 0.25) is 0 Å². The summed E-state index contributed by atoms with van der Waals surface area (Å²) in [5.41, 5.74) is 4.85. The van der Waals surface area contributed by atoms with Crippen LogP contribution in [0.1, 0.15) is 23.2 Å². The van der Waals surface area contributed by atoms with E-state index in [-0.39, 0.29) is 5.56 Å². The third-order valence-corrected chi connectivity index (χ3v) is 6.11. The van der Waals surface area contributed by atoms with Crippen LogP contribution >= 0.6 is 11.6 Å². The molecule has 0 unspecified atom stereocenters. The smallest absolute Gasteiger partial charge is 0.257 e. The van der Waals surface area contributed by atoms with E-state index in [1.165, 1.54) is 0 Å². The third kappa shape index (κ3) is 4.11. The summed E-state index contributed by atoms with van der Waals surface area (Å²) in [5, 5.41) is 1.76. The Morgan fingerprint density at radius 2 is 2.00 bits per heavy atom. The van der Waals surface area contributed by atoms with Crippen LogP contribution in [0.4, 0.5) is 0 Å². The molecule has 0 radical (unpaired) electrons. The van der Waals surface area contributed by atoms with Gasteiger partial charge in [0.15, 0.2) is 0 Å². The first kappa shape index (κ1) is 19.9. The number of nitrogens with zero attached hydrogens (tertiary/aromatic N) is 4. The van der Waals surface area contributed by atoms with Crippen LogP contribution in [0, 0.1) is 0 Å². The SMILES string of the molecule is O=c1c2c(c3cccnc3n1CC1=CCC=CC=C1)CCN(Cc1cc(Cl)ccn1)C2. The maximum absolute atomic E-state index is 13.6. The number of rotatable bonds is 4. The molecule has 0 spiro atoms. The predicted octanol–water partition coefficient (Wildman–Crippen LogP) is 4.45. The van der Waals surface area contributed by atoms with E-state index in [9.17, 15) is 4.79 Å². The maximum atomic E-state index is 13.6. The number of aromatic nitrogens is 3. The molecule has 5 nitrogen and oxygen atoms in total. The Morgan fingerprint density at radius 3 is 2.90 bits per heavy atom. The Kier molecular flexibility index (Phi) is 5.53. The van der Waals surface area contributed by atoms with Crippen LogP contribution in [-0.4, -0.2) is 26.0 Å². The van der Waals surface area contributed by atoms with Gasteiger partial charge in [-0.15, -0.1) is 0 Å². The highest BCUT2D eigenvalue weighted by molar-refractivity contribution is 6.30. The fourth-order valence-electron chi connectivity index (χ4n) is 4.39. The van der Waals surface area contributed by atoms with E-state index in [2.05, 4.69) is 39.2 Å². The van der Waals surface area contributed by atoms with E-state index in [0.29, 0.717) is 24.7 Å². The highest BCUT2D eigenvalue weighted by atomic mass is 35.5. The summed E-state index contributed by atoms with van der Waals surface area (Å²) in [5.74, 6) is 0. The van der Waals surface area contributed by atoms with Crippen molar-refractivity contribution in [2.75, 3.05) is 6.54 Å². The maximum Gasteiger partial charge on any atom is 0.257 e. The van der Waals surface area contributed by atoms with E-state index >= 15 is 0 Å². The summed E-state index contributed by atoms with van der Waals surface area (Å²) in [7, 11) is 0. The molecule has 1 aliphatic carbocycles. The first-order valence-electron chi connectivity index (χ1n) is 10.5. The molecule has 0 amide bonds. The predicted molar refractivity (Wildman–Crippen MR) is 124 cm³/mol. The lowest BCUT2D eigenvalue weighted by atomic mass is 9.97. The minimum Gasteiger partial charge on any atom is -0.293 e. The molecule has 0 fully saturated rings. The molecular formula is C25H23ClN4O. The van der Waals surface area contributed by atoms with E-state index in [1.54, 1.807) is 18.5 Å². The summed E-state index contributed by atoms with van der Waals surface area (Å²) in [6.45, 7) is 2.66. The van der Waals surface area contributed by atoms with Crippen LogP contribution in [-0.2, 0) is 26.1 Å². The number of fused-ring (bicyclic) bond motifs is 3. The van der Waals surface area contributed by atoms with Crippen LogP contribution < -0.4 is 5.56 Å². The molecule has 31 heavy (non-hydrogen) atoms. The summed E-state index contributed by atoms with van der Waals surface area (Å²) in [6.07, 6.45) is 15.6. The molecule has 2 aliphatic rings. The molecule has 156 valence electrons. The Labute approximate surface area is 186 Å². The fourth-order valence-corrected chi connectivity index (χ4v) is 4.57. The number of hydrogen-bond donors (Lipinski definition) is 0. The van der Waals surface area contributed by atoms with Gasteiger partial charge >= 0.3 is 0 Å². The zero-order valence-electron chi connectivity index (χ0n) is 17.2. The molecule has 3 aromatic heterocycles. The number of halogens is 1. The first-order valence-corrected chi connectivity index (χ1v) is 10.9. The van der Waals surface area contributed by atoms with Crippen molar-refractivity contribution < 1.29 is 0 Å². The fraction of sp³-hybridized carbons (Fsp3) is 0.240. The molecule has 0 bridgehead atoms. The van der Waals surface area contributed by atoms with E-state index in [1.807, 2.05) is 28.9 Å². The lowest BCUT2D eigenvalue weighted by Gasteiger charge is -2.29. The minimum atomic E-state index is 0.0523. The molecule has 0 atom stereocenters. The quantitative estimate of drug-likeness (QED) is 0.613. The lowest BCUT2D eigenvalue weighted by molar-refractivity contribution is 0.241. The van der Waals surface area contributed by atoms with Crippen LogP contribution in [0.3, 0.4) is 0 Å². The molecule has 4 heterocycles. The number of pyridine rings is 3. The van der Waals surface area contributed by atoms with Crippen molar-refractivity contribution in [1.29, 1.82) is 0 Å². The third-order valence-electron chi connectivity index (χ3n) is 5.87. The lowest BCUT2D eigenvalue weighted by Crippen LogP contribution is -2.37. The average molecular weight is 431 g/mol. The monoisotopic (exact) mass is 430 g/mol. The number of allylic oxidation sites excluding steroid dienone is 6. The normalized spacial score (nSPS) is 16.2. The van der Waals surface area contributed by atoms with Crippen LogP contribution in [0.25, 0.3) is 11.0 Å². The van der Waals surface area contributed by atoms with Crippen molar-refractivity contribution in [3.63, 3.8) is 0 Å².